The molecular formula is C24H31N5O4S. The minimum absolute atomic E-state index is 0.0754. The molecule has 1 saturated heterocycles. The number of benzene rings is 1. The number of ether oxygens (including phenoxy) is 1. The van der Waals surface area contributed by atoms with Crippen molar-refractivity contribution in [1.29, 1.82) is 0 Å². The van der Waals surface area contributed by atoms with Crippen LogP contribution in [0, 0.1) is 0 Å². The Kier molecular flexibility index (Phi) is 5.97. The molecule has 1 aliphatic carbocycles. The summed E-state index contributed by atoms with van der Waals surface area (Å²) in [5.41, 5.74) is 3.01. The molecule has 34 heavy (non-hydrogen) atoms. The number of carbonyl (C=O) groups is 1. The minimum atomic E-state index is -3.32. The van der Waals surface area contributed by atoms with Crippen LogP contribution in [0.5, 0.6) is 0 Å². The summed E-state index contributed by atoms with van der Waals surface area (Å²) in [6.07, 6.45) is 2.43. The van der Waals surface area contributed by atoms with E-state index in [-0.39, 0.29) is 18.1 Å². The van der Waals surface area contributed by atoms with E-state index in [4.69, 9.17) is 14.7 Å². The van der Waals surface area contributed by atoms with Gasteiger partial charge in [-0.15, -0.1) is 0 Å². The van der Waals surface area contributed by atoms with Crippen molar-refractivity contribution in [2.75, 3.05) is 30.0 Å². The maximum atomic E-state index is 13.0. The summed E-state index contributed by atoms with van der Waals surface area (Å²) in [6.45, 7) is 7.33. The fraction of sp³-hybridized carbons (Fsp3) is 0.542. The molecule has 2 aromatic rings. The molecule has 2 fully saturated rings. The lowest BCUT2D eigenvalue weighted by Crippen LogP contribution is -2.45. The van der Waals surface area contributed by atoms with Crippen LogP contribution >= 0.6 is 0 Å². The first-order valence-electron chi connectivity index (χ1n) is 11.9. The number of aromatic nitrogens is 2. The summed E-state index contributed by atoms with van der Waals surface area (Å²) in [5.74, 6) is 1.24. The Morgan fingerprint density at radius 3 is 2.53 bits per heavy atom. The van der Waals surface area contributed by atoms with Crippen molar-refractivity contribution < 1.29 is 17.9 Å². The first-order chi connectivity index (χ1) is 16.2. The molecule has 9 nitrogen and oxygen atoms in total. The van der Waals surface area contributed by atoms with Crippen molar-refractivity contribution in [3.63, 3.8) is 0 Å². The van der Waals surface area contributed by atoms with E-state index < -0.39 is 20.3 Å². The maximum Gasteiger partial charge on any atom is 0.319 e. The normalized spacial score (nSPS) is 26.0. The molecule has 3 aliphatic rings. The lowest BCUT2D eigenvalue weighted by atomic mass is 10.0. The second-order valence-corrected chi connectivity index (χ2v) is 12.2. The van der Waals surface area contributed by atoms with Crippen molar-refractivity contribution in [2.45, 2.75) is 62.6 Å². The van der Waals surface area contributed by atoms with E-state index in [9.17, 15) is 13.2 Å². The lowest BCUT2D eigenvalue weighted by Gasteiger charge is -2.38. The number of rotatable bonds is 4. The third-order valence-electron chi connectivity index (χ3n) is 6.90. The van der Waals surface area contributed by atoms with Crippen LogP contribution in [0.25, 0.3) is 11.4 Å². The van der Waals surface area contributed by atoms with Crippen LogP contribution in [-0.4, -0.2) is 61.5 Å². The molecule has 3 atom stereocenters. The second-order valence-electron chi connectivity index (χ2n) is 9.54. The number of carbonyl (C=O) groups excluding carboxylic acids is 1. The Hall–Kier alpha value is -2.72. The van der Waals surface area contributed by atoms with E-state index in [1.165, 1.54) is 0 Å². The highest BCUT2D eigenvalue weighted by atomic mass is 32.2. The second kappa shape index (κ2) is 8.81. The van der Waals surface area contributed by atoms with Gasteiger partial charge in [-0.25, -0.2) is 23.2 Å². The molecule has 0 bridgehead atoms. The highest BCUT2D eigenvalue weighted by molar-refractivity contribution is 7.92. The highest BCUT2D eigenvalue weighted by Gasteiger charge is 2.41. The number of nitrogens with one attached hydrogen (secondary N) is 2. The number of hydrogen-bond donors (Lipinski definition) is 2. The van der Waals surface area contributed by atoms with Gasteiger partial charge in [0.15, 0.2) is 15.7 Å². The summed E-state index contributed by atoms with van der Waals surface area (Å²) in [7, 11) is -3.32. The molecule has 2 amide bonds. The predicted octanol–water partition coefficient (Wildman–Crippen LogP) is 3.07. The number of fused-ring (bicyclic) bond motifs is 1. The molecule has 0 radical (unpaired) electrons. The Labute approximate surface area is 200 Å². The Morgan fingerprint density at radius 2 is 1.85 bits per heavy atom. The third kappa shape index (κ3) is 4.36. The zero-order valence-corrected chi connectivity index (χ0v) is 20.6. The fourth-order valence-corrected chi connectivity index (χ4v) is 6.31. The maximum absolute atomic E-state index is 13.0. The first-order valence-corrected chi connectivity index (χ1v) is 13.5. The third-order valence-corrected chi connectivity index (χ3v) is 9.41. The van der Waals surface area contributed by atoms with Crippen LogP contribution in [-0.2, 0) is 21.0 Å². The zero-order valence-electron chi connectivity index (χ0n) is 19.7. The van der Waals surface area contributed by atoms with E-state index in [1.807, 2.05) is 24.3 Å². The highest BCUT2D eigenvalue weighted by Crippen LogP contribution is 2.41. The van der Waals surface area contributed by atoms with Gasteiger partial charge in [0, 0.05) is 35.8 Å². The molecule has 3 heterocycles. The van der Waals surface area contributed by atoms with Gasteiger partial charge in [0.25, 0.3) is 0 Å². The monoisotopic (exact) mass is 485 g/mol. The number of morpholine rings is 1. The van der Waals surface area contributed by atoms with Crippen LogP contribution in [0.1, 0.15) is 50.1 Å². The molecule has 0 spiro atoms. The number of anilines is 2. The molecule has 2 N–H and O–H groups in total. The topological polar surface area (TPSA) is 114 Å². The van der Waals surface area contributed by atoms with Gasteiger partial charge in [-0.2, -0.15) is 0 Å². The van der Waals surface area contributed by atoms with Crippen LogP contribution < -0.4 is 15.5 Å². The minimum Gasteiger partial charge on any atom is -0.377 e. The fourth-order valence-electron chi connectivity index (χ4n) is 4.65. The van der Waals surface area contributed by atoms with Crippen molar-refractivity contribution in [3.8, 4) is 11.4 Å². The molecular weight excluding hydrogens is 454 g/mol. The van der Waals surface area contributed by atoms with Gasteiger partial charge in [0.1, 0.15) is 5.82 Å². The van der Waals surface area contributed by atoms with E-state index >= 15 is 0 Å². The molecule has 182 valence electrons. The van der Waals surface area contributed by atoms with Crippen LogP contribution in [0.2, 0.25) is 0 Å². The van der Waals surface area contributed by atoms with Gasteiger partial charge >= 0.3 is 6.03 Å². The number of sulfone groups is 1. The molecule has 1 aromatic heterocycles. The van der Waals surface area contributed by atoms with Gasteiger partial charge in [-0.1, -0.05) is 0 Å². The molecule has 1 saturated carbocycles. The number of amides is 2. The smallest absolute Gasteiger partial charge is 0.319 e. The Bertz CT molecular complexity index is 1200. The van der Waals surface area contributed by atoms with E-state index in [0.29, 0.717) is 49.1 Å². The Balaban J connectivity index is 1.51. The van der Waals surface area contributed by atoms with Crippen LogP contribution in [0.4, 0.5) is 16.3 Å². The summed E-state index contributed by atoms with van der Waals surface area (Å²) >= 11 is 0. The molecule has 5 rings (SSSR count). The standard InChI is InChI=1S/C24H31N5O4S/c1-14-13-33-11-10-29(14)23-21-16(3)34(31,32)15(2)12-20(21)27-22(28-23)17-4-6-18(7-5-17)25-24(30)26-19-8-9-19/h4-7,14-16,19H,8-13H2,1-3H3,(H2,25,26,30)/t14-,15?,16?/m0/s1. The van der Waals surface area contributed by atoms with Crippen molar-refractivity contribution >= 4 is 27.4 Å². The summed E-state index contributed by atoms with van der Waals surface area (Å²) in [5, 5.41) is 4.60. The number of hydrogen-bond acceptors (Lipinski definition) is 7. The largest absolute Gasteiger partial charge is 0.377 e. The summed E-state index contributed by atoms with van der Waals surface area (Å²) < 4.78 is 31.6. The van der Waals surface area contributed by atoms with E-state index in [1.54, 1.807) is 13.8 Å². The van der Waals surface area contributed by atoms with Crippen LogP contribution in [0.15, 0.2) is 24.3 Å². The van der Waals surface area contributed by atoms with Crippen LogP contribution in [0.3, 0.4) is 0 Å². The molecule has 1 aromatic carbocycles. The quantitative estimate of drug-likeness (QED) is 0.684. The lowest BCUT2D eigenvalue weighted by molar-refractivity contribution is 0.0984. The Morgan fingerprint density at radius 1 is 1.12 bits per heavy atom. The van der Waals surface area contributed by atoms with Gasteiger partial charge < -0.3 is 20.3 Å². The first kappa shape index (κ1) is 23.0. The SMILES string of the molecule is CC1Cc2nc(-c3ccc(NC(=O)NC4CC4)cc3)nc(N3CCOC[C@@H]3C)c2C(C)S1(=O)=O. The van der Waals surface area contributed by atoms with Crippen molar-refractivity contribution in [1.82, 2.24) is 15.3 Å². The zero-order chi connectivity index (χ0) is 24.0. The predicted molar refractivity (Wildman–Crippen MR) is 131 cm³/mol. The van der Waals surface area contributed by atoms with E-state index in [0.717, 1.165) is 24.1 Å². The average Bonchev–Trinajstić information content (AvgIpc) is 3.62. The number of urea groups is 1. The summed E-state index contributed by atoms with van der Waals surface area (Å²) in [6, 6.07) is 7.59. The molecule has 2 aliphatic heterocycles. The summed E-state index contributed by atoms with van der Waals surface area (Å²) in [4.78, 5) is 23.9. The van der Waals surface area contributed by atoms with Gasteiger partial charge in [0.2, 0.25) is 0 Å². The number of nitrogens with zero attached hydrogens (tertiary/aromatic N) is 3. The molecule has 2 unspecified atom stereocenters. The average molecular weight is 486 g/mol. The van der Waals surface area contributed by atoms with Gasteiger partial charge in [0.05, 0.1) is 35.4 Å². The van der Waals surface area contributed by atoms with Crippen molar-refractivity contribution in [2.24, 2.45) is 0 Å². The molecule has 10 heteroatoms. The van der Waals surface area contributed by atoms with Crippen molar-refractivity contribution in [3.05, 3.63) is 35.5 Å². The van der Waals surface area contributed by atoms with E-state index in [2.05, 4.69) is 22.5 Å². The van der Waals surface area contributed by atoms with Gasteiger partial charge in [-0.05, 0) is 57.9 Å². The van der Waals surface area contributed by atoms with Gasteiger partial charge in [-0.3, -0.25) is 0 Å².